The molecule has 4 nitrogen and oxygen atoms in total. The first-order valence-electron chi connectivity index (χ1n) is 5.10. The van der Waals surface area contributed by atoms with Crippen LogP contribution < -0.4 is 10.1 Å². The third kappa shape index (κ3) is 2.85. The van der Waals surface area contributed by atoms with E-state index in [9.17, 15) is 0 Å². The SMILES string of the molecule is COc1ccc(Nc2ccc(Cl)nn2)cc1C. The molecule has 2 aromatic rings. The first-order chi connectivity index (χ1) is 8.19. The van der Waals surface area contributed by atoms with Gasteiger partial charge in [0.1, 0.15) is 5.75 Å². The number of benzene rings is 1. The molecule has 0 spiro atoms. The maximum Gasteiger partial charge on any atom is 0.153 e. The molecule has 88 valence electrons. The van der Waals surface area contributed by atoms with E-state index < -0.39 is 0 Å². The van der Waals surface area contributed by atoms with E-state index in [2.05, 4.69) is 15.5 Å². The van der Waals surface area contributed by atoms with Crippen LogP contribution in [0.2, 0.25) is 5.15 Å². The monoisotopic (exact) mass is 249 g/mol. The Morgan fingerprint density at radius 3 is 2.59 bits per heavy atom. The molecule has 0 atom stereocenters. The Balaban J connectivity index is 2.19. The number of ether oxygens (including phenoxy) is 1. The van der Waals surface area contributed by atoms with E-state index >= 15 is 0 Å². The number of halogens is 1. The molecule has 0 bridgehead atoms. The van der Waals surface area contributed by atoms with Crippen LogP contribution in [-0.2, 0) is 0 Å². The Kier molecular flexibility index (Phi) is 3.44. The van der Waals surface area contributed by atoms with E-state index in [-0.39, 0.29) is 0 Å². The average molecular weight is 250 g/mol. The van der Waals surface area contributed by atoms with Crippen molar-refractivity contribution in [3.63, 3.8) is 0 Å². The van der Waals surface area contributed by atoms with Crippen LogP contribution >= 0.6 is 11.6 Å². The maximum atomic E-state index is 5.66. The van der Waals surface area contributed by atoms with Gasteiger partial charge in [-0.05, 0) is 42.8 Å². The van der Waals surface area contributed by atoms with Crippen molar-refractivity contribution in [1.29, 1.82) is 0 Å². The summed E-state index contributed by atoms with van der Waals surface area (Å²) in [5, 5.41) is 11.2. The fraction of sp³-hybridized carbons (Fsp3) is 0.167. The largest absolute Gasteiger partial charge is 0.496 e. The highest BCUT2D eigenvalue weighted by atomic mass is 35.5. The van der Waals surface area contributed by atoms with Crippen molar-refractivity contribution >= 4 is 23.1 Å². The minimum atomic E-state index is 0.376. The van der Waals surface area contributed by atoms with Gasteiger partial charge in [0.2, 0.25) is 0 Å². The highest BCUT2D eigenvalue weighted by Crippen LogP contribution is 2.23. The van der Waals surface area contributed by atoms with Crippen molar-refractivity contribution in [3.05, 3.63) is 41.0 Å². The van der Waals surface area contributed by atoms with Gasteiger partial charge in [0, 0.05) is 5.69 Å². The van der Waals surface area contributed by atoms with Crippen LogP contribution in [0.5, 0.6) is 5.75 Å². The summed E-state index contributed by atoms with van der Waals surface area (Å²) in [5.41, 5.74) is 1.99. The Hall–Kier alpha value is -1.81. The van der Waals surface area contributed by atoms with Crippen molar-refractivity contribution < 1.29 is 4.74 Å². The van der Waals surface area contributed by atoms with E-state index in [4.69, 9.17) is 16.3 Å². The summed E-state index contributed by atoms with van der Waals surface area (Å²) < 4.78 is 5.19. The number of nitrogens with zero attached hydrogens (tertiary/aromatic N) is 2. The number of aryl methyl sites for hydroxylation is 1. The standard InChI is InChI=1S/C12H12ClN3O/c1-8-7-9(3-4-10(8)17-2)14-12-6-5-11(13)15-16-12/h3-7H,1-2H3,(H,14,16). The first kappa shape index (κ1) is 11.7. The topological polar surface area (TPSA) is 47.0 Å². The summed E-state index contributed by atoms with van der Waals surface area (Å²) in [4.78, 5) is 0. The summed E-state index contributed by atoms with van der Waals surface area (Å²) >= 11 is 5.66. The molecule has 0 aliphatic heterocycles. The molecule has 1 N–H and O–H groups in total. The highest BCUT2D eigenvalue weighted by Gasteiger charge is 2.01. The molecule has 0 saturated heterocycles. The van der Waals surface area contributed by atoms with Gasteiger partial charge in [-0.1, -0.05) is 11.6 Å². The van der Waals surface area contributed by atoms with Gasteiger partial charge in [-0.25, -0.2) is 0 Å². The minimum absolute atomic E-state index is 0.376. The van der Waals surface area contributed by atoms with Crippen LogP contribution in [-0.4, -0.2) is 17.3 Å². The lowest BCUT2D eigenvalue weighted by Gasteiger charge is -2.08. The van der Waals surface area contributed by atoms with E-state index in [0.29, 0.717) is 11.0 Å². The number of rotatable bonds is 3. The van der Waals surface area contributed by atoms with Crippen molar-refractivity contribution in [2.75, 3.05) is 12.4 Å². The van der Waals surface area contributed by atoms with Crippen molar-refractivity contribution in [2.24, 2.45) is 0 Å². The Morgan fingerprint density at radius 1 is 1.18 bits per heavy atom. The molecular formula is C12H12ClN3O. The molecular weight excluding hydrogens is 238 g/mol. The molecule has 0 fully saturated rings. The van der Waals surface area contributed by atoms with Gasteiger partial charge in [-0.3, -0.25) is 0 Å². The lowest BCUT2D eigenvalue weighted by molar-refractivity contribution is 0.412. The fourth-order valence-electron chi connectivity index (χ4n) is 1.49. The van der Waals surface area contributed by atoms with Gasteiger partial charge in [-0.2, -0.15) is 0 Å². The molecule has 0 amide bonds. The van der Waals surface area contributed by atoms with Gasteiger partial charge < -0.3 is 10.1 Å². The second kappa shape index (κ2) is 5.01. The Bertz CT molecular complexity index is 514. The number of hydrogen-bond acceptors (Lipinski definition) is 4. The van der Waals surface area contributed by atoms with Gasteiger partial charge in [0.25, 0.3) is 0 Å². The third-order valence-electron chi connectivity index (χ3n) is 2.30. The molecule has 0 radical (unpaired) electrons. The second-order valence-corrected chi connectivity index (χ2v) is 3.94. The Morgan fingerprint density at radius 2 is 2.00 bits per heavy atom. The number of aromatic nitrogens is 2. The van der Waals surface area contributed by atoms with Gasteiger partial charge in [-0.15, -0.1) is 10.2 Å². The Labute approximate surface area is 105 Å². The quantitative estimate of drug-likeness (QED) is 0.908. The lowest BCUT2D eigenvalue weighted by Crippen LogP contribution is -1.96. The summed E-state index contributed by atoms with van der Waals surface area (Å²) in [6.07, 6.45) is 0. The smallest absolute Gasteiger partial charge is 0.153 e. The van der Waals surface area contributed by atoms with E-state index in [1.54, 1.807) is 19.2 Å². The molecule has 0 aliphatic carbocycles. The molecule has 2 rings (SSSR count). The van der Waals surface area contributed by atoms with Gasteiger partial charge >= 0.3 is 0 Å². The first-order valence-corrected chi connectivity index (χ1v) is 5.48. The average Bonchev–Trinajstić information content (AvgIpc) is 2.32. The van der Waals surface area contributed by atoms with Crippen LogP contribution in [0.15, 0.2) is 30.3 Å². The van der Waals surface area contributed by atoms with Crippen LogP contribution in [0.3, 0.4) is 0 Å². The van der Waals surface area contributed by atoms with Crippen LogP contribution in [0.25, 0.3) is 0 Å². The number of methoxy groups -OCH3 is 1. The van der Waals surface area contributed by atoms with E-state index in [1.807, 2.05) is 25.1 Å². The number of hydrogen-bond donors (Lipinski definition) is 1. The minimum Gasteiger partial charge on any atom is -0.496 e. The van der Waals surface area contributed by atoms with Crippen molar-refractivity contribution in [2.45, 2.75) is 6.92 Å². The normalized spacial score (nSPS) is 10.1. The zero-order chi connectivity index (χ0) is 12.3. The summed E-state index contributed by atoms with van der Waals surface area (Å²) in [5.74, 6) is 1.51. The number of anilines is 2. The molecule has 1 aromatic heterocycles. The summed E-state index contributed by atoms with van der Waals surface area (Å²) in [7, 11) is 1.65. The molecule has 17 heavy (non-hydrogen) atoms. The predicted molar refractivity (Wildman–Crippen MR) is 68.1 cm³/mol. The van der Waals surface area contributed by atoms with Crippen molar-refractivity contribution in [1.82, 2.24) is 10.2 Å². The van der Waals surface area contributed by atoms with Crippen LogP contribution in [0.1, 0.15) is 5.56 Å². The zero-order valence-corrected chi connectivity index (χ0v) is 10.3. The molecule has 0 unspecified atom stereocenters. The third-order valence-corrected chi connectivity index (χ3v) is 2.50. The zero-order valence-electron chi connectivity index (χ0n) is 9.57. The molecule has 0 saturated carbocycles. The van der Waals surface area contributed by atoms with Gasteiger partial charge in [0.05, 0.1) is 7.11 Å². The molecule has 1 aromatic carbocycles. The maximum absolute atomic E-state index is 5.66. The second-order valence-electron chi connectivity index (χ2n) is 3.55. The predicted octanol–water partition coefficient (Wildman–Crippen LogP) is 3.19. The molecule has 0 aliphatic rings. The fourth-order valence-corrected chi connectivity index (χ4v) is 1.59. The van der Waals surface area contributed by atoms with Crippen molar-refractivity contribution in [3.8, 4) is 5.75 Å². The summed E-state index contributed by atoms with van der Waals surface area (Å²) in [6.45, 7) is 1.98. The lowest BCUT2D eigenvalue weighted by atomic mass is 10.2. The molecule has 1 heterocycles. The van der Waals surface area contributed by atoms with Crippen LogP contribution in [0.4, 0.5) is 11.5 Å². The van der Waals surface area contributed by atoms with Crippen LogP contribution in [0, 0.1) is 6.92 Å². The number of nitrogens with one attached hydrogen (secondary N) is 1. The van der Waals surface area contributed by atoms with E-state index in [0.717, 1.165) is 17.0 Å². The summed E-state index contributed by atoms with van der Waals surface area (Å²) in [6, 6.07) is 9.26. The van der Waals surface area contributed by atoms with Gasteiger partial charge in [0.15, 0.2) is 11.0 Å². The van der Waals surface area contributed by atoms with E-state index in [1.165, 1.54) is 0 Å². The molecule has 5 heteroatoms. The highest BCUT2D eigenvalue weighted by molar-refractivity contribution is 6.29.